The molecule has 1 aromatic heterocycles. The number of aliphatic hydroxyl groups is 1. The lowest BCUT2D eigenvalue weighted by Crippen LogP contribution is -2.35. The lowest BCUT2D eigenvalue weighted by atomic mass is 10.2. The zero-order chi connectivity index (χ0) is 10.7. The van der Waals surface area contributed by atoms with Gasteiger partial charge in [-0.05, 0) is 32.3 Å². The lowest BCUT2D eigenvalue weighted by molar-refractivity contribution is 0.228. The largest absolute Gasteiger partial charge is 0.395 e. The average molecular weight is 209 g/mol. The molecule has 84 valence electrons. The first-order chi connectivity index (χ1) is 7.28. The summed E-state index contributed by atoms with van der Waals surface area (Å²) in [5.74, 6) is 0. The molecule has 15 heavy (non-hydrogen) atoms. The molecule has 0 aliphatic heterocycles. The molecule has 1 atom stereocenters. The predicted octanol–water partition coefficient (Wildman–Crippen LogP) is 0.695. The summed E-state index contributed by atoms with van der Waals surface area (Å²) in [5, 5.41) is 16.9. The molecule has 1 unspecified atom stereocenters. The lowest BCUT2D eigenvalue weighted by Gasteiger charge is -2.15. The fourth-order valence-electron chi connectivity index (χ4n) is 1.69. The van der Waals surface area contributed by atoms with Crippen LogP contribution in [0.1, 0.15) is 25.0 Å². The van der Waals surface area contributed by atoms with E-state index in [-0.39, 0.29) is 12.6 Å². The summed E-state index contributed by atoms with van der Waals surface area (Å²) in [4.78, 5) is 0. The van der Waals surface area contributed by atoms with Crippen LogP contribution in [-0.4, -0.2) is 33.6 Å². The molecule has 1 aliphatic carbocycles. The van der Waals surface area contributed by atoms with Gasteiger partial charge in [-0.3, -0.25) is 4.68 Å². The van der Waals surface area contributed by atoms with Gasteiger partial charge in [-0.15, -0.1) is 0 Å². The molecule has 1 aromatic rings. The SMILES string of the molecule is Cc1ccn(CCC(CO)NC2CC2)n1. The molecule has 1 saturated carbocycles. The van der Waals surface area contributed by atoms with Crippen molar-refractivity contribution in [1.29, 1.82) is 0 Å². The first-order valence-electron chi connectivity index (χ1n) is 5.65. The number of rotatable bonds is 6. The second kappa shape index (κ2) is 4.77. The Morgan fingerprint density at radius 3 is 3.00 bits per heavy atom. The molecule has 0 bridgehead atoms. The van der Waals surface area contributed by atoms with Crippen molar-refractivity contribution < 1.29 is 5.11 Å². The second-order valence-electron chi connectivity index (χ2n) is 4.33. The van der Waals surface area contributed by atoms with Crippen LogP contribution in [0.3, 0.4) is 0 Å². The Kier molecular flexibility index (Phi) is 3.38. The molecular weight excluding hydrogens is 190 g/mol. The van der Waals surface area contributed by atoms with Crippen LogP contribution in [0.2, 0.25) is 0 Å². The number of hydrogen-bond donors (Lipinski definition) is 2. The van der Waals surface area contributed by atoms with Crippen LogP contribution < -0.4 is 5.32 Å². The Hall–Kier alpha value is -0.870. The molecule has 4 nitrogen and oxygen atoms in total. The minimum atomic E-state index is 0.219. The van der Waals surface area contributed by atoms with Crippen molar-refractivity contribution in [2.24, 2.45) is 0 Å². The fraction of sp³-hybridized carbons (Fsp3) is 0.727. The highest BCUT2D eigenvalue weighted by molar-refractivity contribution is 4.94. The fourth-order valence-corrected chi connectivity index (χ4v) is 1.69. The Morgan fingerprint density at radius 2 is 2.47 bits per heavy atom. The van der Waals surface area contributed by atoms with Crippen molar-refractivity contribution in [3.63, 3.8) is 0 Å². The second-order valence-corrected chi connectivity index (χ2v) is 4.33. The van der Waals surface area contributed by atoms with Gasteiger partial charge >= 0.3 is 0 Å². The molecule has 1 aliphatic rings. The molecule has 0 aromatic carbocycles. The zero-order valence-corrected chi connectivity index (χ0v) is 9.19. The van der Waals surface area contributed by atoms with Crippen LogP contribution in [0.15, 0.2) is 12.3 Å². The Labute approximate surface area is 90.3 Å². The average Bonchev–Trinajstić information content (AvgIpc) is 2.95. The van der Waals surface area contributed by atoms with Crippen LogP contribution in [0.5, 0.6) is 0 Å². The van der Waals surface area contributed by atoms with Crippen LogP contribution in [0.25, 0.3) is 0 Å². The molecule has 1 fully saturated rings. The first kappa shape index (κ1) is 10.6. The predicted molar refractivity (Wildman–Crippen MR) is 58.6 cm³/mol. The molecule has 1 heterocycles. The topological polar surface area (TPSA) is 50.1 Å². The van der Waals surface area contributed by atoms with Crippen LogP contribution in [0.4, 0.5) is 0 Å². The van der Waals surface area contributed by atoms with Gasteiger partial charge in [-0.25, -0.2) is 0 Å². The number of hydrogen-bond acceptors (Lipinski definition) is 3. The highest BCUT2D eigenvalue weighted by Gasteiger charge is 2.23. The Morgan fingerprint density at radius 1 is 1.67 bits per heavy atom. The van der Waals surface area contributed by atoms with Gasteiger partial charge in [0, 0.05) is 24.8 Å². The Bertz CT molecular complexity index is 307. The van der Waals surface area contributed by atoms with Crippen molar-refractivity contribution in [2.45, 2.75) is 44.8 Å². The van der Waals surface area contributed by atoms with Crippen LogP contribution in [0, 0.1) is 6.92 Å². The minimum Gasteiger partial charge on any atom is -0.395 e. The van der Waals surface area contributed by atoms with Crippen LogP contribution >= 0.6 is 0 Å². The van der Waals surface area contributed by atoms with Gasteiger partial charge in [0.15, 0.2) is 0 Å². The van der Waals surface area contributed by atoms with E-state index in [1.807, 2.05) is 23.9 Å². The normalized spacial score (nSPS) is 18.0. The summed E-state index contributed by atoms with van der Waals surface area (Å²) < 4.78 is 1.94. The maximum atomic E-state index is 9.19. The highest BCUT2D eigenvalue weighted by Crippen LogP contribution is 2.19. The molecular formula is C11H19N3O. The first-order valence-corrected chi connectivity index (χ1v) is 5.65. The summed E-state index contributed by atoms with van der Waals surface area (Å²) in [6, 6.07) is 2.88. The van der Waals surface area contributed by atoms with Crippen molar-refractivity contribution in [3.8, 4) is 0 Å². The molecule has 0 saturated heterocycles. The van der Waals surface area contributed by atoms with E-state index in [0.29, 0.717) is 6.04 Å². The number of aromatic nitrogens is 2. The minimum absolute atomic E-state index is 0.219. The number of aliphatic hydroxyl groups excluding tert-OH is 1. The molecule has 0 amide bonds. The van der Waals surface area contributed by atoms with Gasteiger partial charge in [0.05, 0.1) is 12.3 Å². The van der Waals surface area contributed by atoms with E-state index in [2.05, 4.69) is 10.4 Å². The molecule has 0 radical (unpaired) electrons. The van der Waals surface area contributed by atoms with Gasteiger partial charge < -0.3 is 10.4 Å². The summed E-state index contributed by atoms with van der Waals surface area (Å²) >= 11 is 0. The van der Waals surface area contributed by atoms with E-state index in [4.69, 9.17) is 0 Å². The molecule has 2 rings (SSSR count). The van der Waals surface area contributed by atoms with Crippen molar-refractivity contribution in [1.82, 2.24) is 15.1 Å². The van der Waals surface area contributed by atoms with Crippen LogP contribution in [-0.2, 0) is 6.54 Å². The molecule has 2 N–H and O–H groups in total. The van der Waals surface area contributed by atoms with E-state index < -0.39 is 0 Å². The third-order valence-corrected chi connectivity index (χ3v) is 2.75. The van der Waals surface area contributed by atoms with Gasteiger partial charge in [0.2, 0.25) is 0 Å². The monoisotopic (exact) mass is 209 g/mol. The van der Waals surface area contributed by atoms with Gasteiger partial charge in [0.1, 0.15) is 0 Å². The number of nitrogens with zero attached hydrogens (tertiary/aromatic N) is 2. The summed E-state index contributed by atoms with van der Waals surface area (Å²) in [5.41, 5.74) is 1.05. The van der Waals surface area contributed by atoms with Gasteiger partial charge in [0.25, 0.3) is 0 Å². The standard InChI is InChI=1S/C11H19N3O/c1-9-4-6-14(13-9)7-5-11(8-15)12-10-2-3-10/h4,6,10-12,15H,2-3,5,7-8H2,1H3. The third kappa shape index (κ3) is 3.32. The van der Waals surface area contributed by atoms with E-state index in [0.717, 1.165) is 18.7 Å². The van der Waals surface area contributed by atoms with Gasteiger partial charge in [-0.1, -0.05) is 0 Å². The van der Waals surface area contributed by atoms with E-state index in [1.54, 1.807) is 0 Å². The van der Waals surface area contributed by atoms with E-state index in [1.165, 1.54) is 12.8 Å². The van der Waals surface area contributed by atoms with E-state index in [9.17, 15) is 5.11 Å². The number of nitrogens with one attached hydrogen (secondary N) is 1. The molecule has 4 heteroatoms. The van der Waals surface area contributed by atoms with Crippen molar-refractivity contribution in [2.75, 3.05) is 6.61 Å². The summed E-state index contributed by atoms with van der Waals surface area (Å²) in [7, 11) is 0. The maximum Gasteiger partial charge on any atom is 0.0593 e. The smallest absolute Gasteiger partial charge is 0.0593 e. The van der Waals surface area contributed by atoms with E-state index >= 15 is 0 Å². The number of aryl methyl sites for hydroxylation is 2. The summed E-state index contributed by atoms with van der Waals surface area (Å²) in [6.45, 7) is 3.08. The highest BCUT2D eigenvalue weighted by atomic mass is 16.3. The van der Waals surface area contributed by atoms with Gasteiger partial charge in [-0.2, -0.15) is 5.10 Å². The molecule has 0 spiro atoms. The van der Waals surface area contributed by atoms with Crippen molar-refractivity contribution >= 4 is 0 Å². The Balaban J connectivity index is 1.74. The third-order valence-electron chi connectivity index (χ3n) is 2.75. The summed E-state index contributed by atoms with van der Waals surface area (Å²) in [6.07, 6.45) is 5.45. The zero-order valence-electron chi connectivity index (χ0n) is 9.19. The quantitative estimate of drug-likeness (QED) is 0.725. The van der Waals surface area contributed by atoms with Crippen molar-refractivity contribution in [3.05, 3.63) is 18.0 Å². The maximum absolute atomic E-state index is 9.19.